The summed E-state index contributed by atoms with van der Waals surface area (Å²) < 4.78 is 1.60. The van der Waals surface area contributed by atoms with Crippen LogP contribution in [0, 0.1) is 0 Å². The van der Waals surface area contributed by atoms with Crippen LogP contribution in [-0.2, 0) is 9.59 Å². The van der Waals surface area contributed by atoms with Crippen molar-refractivity contribution in [2.45, 2.75) is 24.6 Å². The van der Waals surface area contributed by atoms with Crippen molar-refractivity contribution in [3.05, 3.63) is 59.9 Å². The quantitative estimate of drug-likeness (QED) is 0.362. The van der Waals surface area contributed by atoms with Gasteiger partial charge in [-0.1, -0.05) is 30.3 Å². The summed E-state index contributed by atoms with van der Waals surface area (Å²) in [4.78, 5) is 34.0. The number of anilines is 1. The molecule has 3 atom stereocenters. The van der Waals surface area contributed by atoms with Crippen LogP contribution >= 0.6 is 0 Å². The zero-order valence-electron chi connectivity index (χ0n) is 14.9. The maximum Gasteiger partial charge on any atom is 0.394 e. The molecule has 0 spiro atoms. The lowest BCUT2D eigenvalue weighted by Gasteiger charge is -2.31. The first-order chi connectivity index (χ1) is 13.3. The molecule has 6 N–H and O–H groups in total. The van der Waals surface area contributed by atoms with E-state index in [9.17, 15) is 19.5 Å². The molecular formula is C19H21N4O5+. The number of carboxylic acids is 1. The molecule has 0 bridgehead atoms. The van der Waals surface area contributed by atoms with Gasteiger partial charge in [-0.15, -0.1) is 0 Å². The molecule has 9 nitrogen and oxygen atoms in total. The summed E-state index contributed by atoms with van der Waals surface area (Å²) in [6, 6.07) is 10.6. The Balaban J connectivity index is 1.93. The fourth-order valence-corrected chi connectivity index (χ4v) is 3.32. The van der Waals surface area contributed by atoms with Crippen LogP contribution in [0.1, 0.15) is 34.4 Å². The number of hydrogen-bond acceptors (Lipinski definition) is 5. The van der Waals surface area contributed by atoms with Crippen LogP contribution in [0.15, 0.2) is 48.8 Å². The minimum atomic E-state index is -1.65. The third-order valence-corrected chi connectivity index (χ3v) is 4.70. The molecule has 1 aliphatic rings. The van der Waals surface area contributed by atoms with Gasteiger partial charge < -0.3 is 26.6 Å². The van der Waals surface area contributed by atoms with Crippen molar-refractivity contribution in [3.8, 4) is 0 Å². The Morgan fingerprint density at radius 1 is 1.18 bits per heavy atom. The van der Waals surface area contributed by atoms with Crippen molar-refractivity contribution >= 4 is 23.5 Å². The number of carboxylic acid groups (broad SMARTS) is 1. The number of piperidine rings is 1. The number of nitrogens with one attached hydrogen (secondary N) is 2. The number of hydrogen-bond donors (Lipinski definition) is 5. The van der Waals surface area contributed by atoms with Crippen LogP contribution in [0.25, 0.3) is 0 Å². The van der Waals surface area contributed by atoms with Gasteiger partial charge in [-0.2, -0.15) is 4.57 Å². The number of carbonyl (C=O) groups excluding carboxylic acids is 2. The number of nitrogens with zero attached hydrogens (tertiary/aromatic N) is 1. The van der Waals surface area contributed by atoms with Gasteiger partial charge in [-0.3, -0.25) is 9.59 Å². The van der Waals surface area contributed by atoms with Gasteiger partial charge in [0, 0.05) is 19.0 Å². The Morgan fingerprint density at radius 2 is 1.89 bits per heavy atom. The van der Waals surface area contributed by atoms with E-state index in [1.807, 2.05) is 30.3 Å². The molecule has 2 aromatic rings. The van der Waals surface area contributed by atoms with E-state index in [4.69, 9.17) is 10.8 Å². The lowest BCUT2D eigenvalue weighted by atomic mass is 9.91. The molecule has 2 amide bonds. The second-order valence-corrected chi connectivity index (χ2v) is 6.63. The third kappa shape index (κ3) is 4.33. The molecule has 1 aliphatic heterocycles. The number of rotatable bonds is 4. The normalized spacial score (nSPS) is 21.7. The molecule has 1 fully saturated rings. The number of aliphatic carboxylic acids is 1. The first-order valence-corrected chi connectivity index (χ1v) is 8.71. The van der Waals surface area contributed by atoms with Gasteiger partial charge in [-0.25, -0.2) is 4.79 Å². The Bertz CT molecular complexity index is 902. The average Bonchev–Trinajstić information content (AvgIpc) is 2.68. The van der Waals surface area contributed by atoms with Gasteiger partial charge in [0.25, 0.3) is 5.91 Å². The van der Waals surface area contributed by atoms with E-state index in [2.05, 4.69) is 10.6 Å². The number of aliphatic hydroxyl groups is 1. The Morgan fingerprint density at radius 3 is 2.54 bits per heavy atom. The SMILES string of the molecule is NC(=O)c1cc(NC(=O)C(=O)O)c[n+](C2C[C@H](c3ccccc3)NC[C@H]2O)c1. The standard InChI is InChI=1S/C19H20N4O5/c20-17(25)12-6-13(22-18(26)19(27)28)10-23(9-12)15-7-14(21-8-16(15)24)11-4-2-1-3-5-11/h1-6,9-10,14-16,21,24H,7-8H2,(H3-,20,22,25,26,27,28)/p+1/t14-,15?,16-/m1/s1. The number of benzene rings is 1. The fraction of sp³-hybridized carbons (Fsp3) is 0.263. The Labute approximate surface area is 160 Å². The second-order valence-electron chi connectivity index (χ2n) is 6.63. The average molecular weight is 385 g/mol. The second kappa shape index (κ2) is 8.15. The summed E-state index contributed by atoms with van der Waals surface area (Å²) in [6.45, 7) is 0.328. The molecule has 0 radical (unpaired) electrons. The van der Waals surface area contributed by atoms with E-state index >= 15 is 0 Å². The fourth-order valence-electron chi connectivity index (χ4n) is 3.32. The van der Waals surface area contributed by atoms with Crippen molar-refractivity contribution < 1.29 is 29.2 Å². The lowest BCUT2D eigenvalue weighted by Crippen LogP contribution is -2.54. The molecule has 1 aromatic carbocycles. The number of pyridine rings is 1. The zero-order chi connectivity index (χ0) is 20.3. The first kappa shape index (κ1) is 19.5. The number of aromatic nitrogens is 1. The molecule has 3 rings (SSSR count). The molecule has 28 heavy (non-hydrogen) atoms. The molecule has 1 saturated heterocycles. The van der Waals surface area contributed by atoms with Crippen LogP contribution in [0.4, 0.5) is 5.69 Å². The van der Waals surface area contributed by atoms with Gasteiger partial charge >= 0.3 is 11.9 Å². The Kier molecular flexibility index (Phi) is 5.67. The smallest absolute Gasteiger partial charge is 0.394 e. The number of aliphatic hydroxyl groups excluding tert-OH is 1. The Hall–Kier alpha value is -3.30. The summed E-state index contributed by atoms with van der Waals surface area (Å²) in [7, 11) is 0. The third-order valence-electron chi connectivity index (χ3n) is 4.70. The predicted octanol–water partition coefficient (Wildman–Crippen LogP) is -0.267. The largest absolute Gasteiger partial charge is 0.474 e. The summed E-state index contributed by atoms with van der Waals surface area (Å²) in [5.41, 5.74) is 6.62. The summed E-state index contributed by atoms with van der Waals surface area (Å²) in [5.74, 6) is -3.62. The maximum atomic E-state index is 11.7. The number of primary amides is 1. The molecular weight excluding hydrogens is 364 g/mol. The maximum absolute atomic E-state index is 11.7. The lowest BCUT2D eigenvalue weighted by molar-refractivity contribution is -0.732. The highest BCUT2D eigenvalue weighted by Crippen LogP contribution is 2.28. The van der Waals surface area contributed by atoms with Gasteiger partial charge in [0.15, 0.2) is 18.4 Å². The molecule has 9 heteroatoms. The summed E-state index contributed by atoms with van der Waals surface area (Å²) in [5, 5.41) is 24.8. The molecule has 0 aliphatic carbocycles. The number of nitrogens with two attached hydrogens (primary N) is 1. The van der Waals surface area contributed by atoms with Crippen molar-refractivity contribution in [2.75, 3.05) is 11.9 Å². The number of amides is 2. The van der Waals surface area contributed by atoms with E-state index in [0.717, 1.165) is 5.56 Å². The van der Waals surface area contributed by atoms with Crippen molar-refractivity contribution in [2.24, 2.45) is 5.73 Å². The highest BCUT2D eigenvalue weighted by molar-refractivity contribution is 6.36. The van der Waals surface area contributed by atoms with Gasteiger partial charge in [0.2, 0.25) is 0 Å². The molecule has 0 saturated carbocycles. The van der Waals surface area contributed by atoms with Crippen molar-refractivity contribution in [3.63, 3.8) is 0 Å². The van der Waals surface area contributed by atoms with Gasteiger partial charge in [0.05, 0.1) is 0 Å². The van der Waals surface area contributed by atoms with E-state index < -0.39 is 29.9 Å². The monoisotopic (exact) mass is 385 g/mol. The van der Waals surface area contributed by atoms with Crippen LogP contribution in [0.5, 0.6) is 0 Å². The highest BCUT2D eigenvalue weighted by Gasteiger charge is 2.36. The van der Waals surface area contributed by atoms with Crippen LogP contribution in [0.3, 0.4) is 0 Å². The van der Waals surface area contributed by atoms with E-state index in [-0.39, 0.29) is 17.3 Å². The number of carbonyl (C=O) groups is 3. The van der Waals surface area contributed by atoms with Gasteiger partial charge in [0.1, 0.15) is 17.4 Å². The van der Waals surface area contributed by atoms with E-state index in [0.29, 0.717) is 13.0 Å². The minimum absolute atomic E-state index is 0.0172. The summed E-state index contributed by atoms with van der Waals surface area (Å²) in [6.07, 6.45) is 2.73. The summed E-state index contributed by atoms with van der Waals surface area (Å²) >= 11 is 0. The first-order valence-electron chi connectivity index (χ1n) is 8.71. The highest BCUT2D eigenvalue weighted by atomic mass is 16.4. The van der Waals surface area contributed by atoms with E-state index in [1.165, 1.54) is 18.5 Å². The molecule has 1 unspecified atom stereocenters. The van der Waals surface area contributed by atoms with Crippen LogP contribution in [-0.4, -0.2) is 40.6 Å². The van der Waals surface area contributed by atoms with Gasteiger partial charge in [-0.05, 0) is 11.6 Å². The van der Waals surface area contributed by atoms with Crippen LogP contribution < -0.4 is 20.9 Å². The topological polar surface area (TPSA) is 146 Å². The predicted molar refractivity (Wildman–Crippen MR) is 98.3 cm³/mol. The minimum Gasteiger partial charge on any atom is -0.474 e. The van der Waals surface area contributed by atoms with Crippen LogP contribution in [0.2, 0.25) is 0 Å². The van der Waals surface area contributed by atoms with Crippen molar-refractivity contribution in [1.29, 1.82) is 0 Å². The number of β-amino-alcohol motifs (C(OH)–C–C–N with tert-alkyl or cyclic N) is 1. The van der Waals surface area contributed by atoms with Crippen molar-refractivity contribution in [1.82, 2.24) is 5.32 Å². The molecule has 1 aromatic heterocycles. The molecule has 2 heterocycles. The zero-order valence-corrected chi connectivity index (χ0v) is 14.9. The molecule has 146 valence electrons. The van der Waals surface area contributed by atoms with E-state index in [1.54, 1.807) is 4.57 Å².